The molecule has 434 valence electrons. The summed E-state index contributed by atoms with van der Waals surface area (Å²) in [5.41, 5.74) is 44.2. The Morgan fingerprint density at radius 3 is 1.21 bits per heavy atom. The molecule has 0 spiro atoms. The summed E-state index contributed by atoms with van der Waals surface area (Å²) in [6.07, 6.45) is 3.64. The Hall–Kier alpha value is -6.88. The highest BCUT2D eigenvalue weighted by molar-refractivity contribution is 5.97. The number of hydrogen-bond donors (Lipinski definition) is 17. The minimum Gasteiger partial charge on any atom is -0.370 e. The van der Waals surface area contributed by atoms with Crippen molar-refractivity contribution >= 4 is 71.0 Å². The van der Waals surface area contributed by atoms with Gasteiger partial charge in [-0.25, -0.2) is 0 Å². The zero-order chi connectivity index (χ0) is 57.9. The molecule has 0 aromatic rings. The van der Waals surface area contributed by atoms with Crippen LogP contribution < -0.4 is 93.7 Å². The molecular formula is C47H91N19O10. The third-order valence-electron chi connectivity index (χ3n) is 11.3. The number of nitrogens with two attached hydrogens (primary N) is 8. The second-order valence-corrected chi connectivity index (χ2v) is 19.6. The predicted octanol–water partition coefficient (Wildman–Crippen LogP) is -5.83. The van der Waals surface area contributed by atoms with Crippen LogP contribution >= 0.6 is 0 Å². The zero-order valence-electron chi connectivity index (χ0n) is 45.3. The summed E-state index contributed by atoms with van der Waals surface area (Å²) in [6, 6.07) is -7.80. The number of rotatable bonds is 40. The summed E-state index contributed by atoms with van der Waals surface area (Å²) in [5.74, 6) is -8.18. The number of guanidine groups is 2. The van der Waals surface area contributed by atoms with Gasteiger partial charge >= 0.3 is 0 Å². The molecule has 0 aliphatic carbocycles. The Labute approximate surface area is 446 Å². The van der Waals surface area contributed by atoms with Crippen LogP contribution in [0.2, 0.25) is 0 Å². The number of nitrogens with one attached hydrogen (secondary N) is 9. The van der Waals surface area contributed by atoms with Crippen LogP contribution in [0.3, 0.4) is 0 Å². The number of carbonyl (C=O) groups is 10. The van der Waals surface area contributed by atoms with Crippen LogP contribution in [0.1, 0.15) is 119 Å². The van der Waals surface area contributed by atoms with Gasteiger partial charge in [-0.1, -0.05) is 41.5 Å². The van der Waals surface area contributed by atoms with Crippen molar-refractivity contribution in [3.05, 3.63) is 0 Å². The van der Waals surface area contributed by atoms with Crippen molar-refractivity contribution < 1.29 is 47.9 Å². The third kappa shape index (κ3) is 31.8. The molecule has 25 N–H and O–H groups in total. The van der Waals surface area contributed by atoms with Crippen LogP contribution in [0, 0.1) is 17.8 Å². The van der Waals surface area contributed by atoms with Gasteiger partial charge in [-0.2, -0.15) is 0 Å². The molecule has 0 saturated carbocycles. The molecule has 0 fully saturated rings. The van der Waals surface area contributed by atoms with Gasteiger partial charge in [-0.3, -0.25) is 57.9 Å². The van der Waals surface area contributed by atoms with Gasteiger partial charge in [0.15, 0.2) is 11.9 Å². The summed E-state index contributed by atoms with van der Waals surface area (Å²) in [4.78, 5) is 139. The molecule has 0 rings (SSSR count). The molecule has 7 atom stereocenters. The lowest BCUT2D eigenvalue weighted by Gasteiger charge is -2.26. The summed E-state index contributed by atoms with van der Waals surface area (Å²) in [5, 5.41) is 23.0. The van der Waals surface area contributed by atoms with Gasteiger partial charge in [0, 0.05) is 13.1 Å². The van der Waals surface area contributed by atoms with E-state index in [2.05, 4.69) is 57.8 Å². The molecule has 0 radical (unpaired) electrons. The van der Waals surface area contributed by atoms with Crippen molar-refractivity contribution in [3.63, 3.8) is 0 Å². The van der Waals surface area contributed by atoms with Crippen molar-refractivity contribution in [1.29, 1.82) is 0 Å². The molecule has 76 heavy (non-hydrogen) atoms. The van der Waals surface area contributed by atoms with Gasteiger partial charge in [0.05, 0.1) is 25.7 Å². The zero-order valence-corrected chi connectivity index (χ0v) is 45.3. The quantitative estimate of drug-likeness (QED) is 0.0154. The Morgan fingerprint density at radius 1 is 0.408 bits per heavy atom. The van der Waals surface area contributed by atoms with E-state index in [0.29, 0.717) is 38.6 Å². The second kappa shape index (κ2) is 38.6. The first-order valence-corrected chi connectivity index (χ1v) is 25.9. The van der Waals surface area contributed by atoms with Crippen molar-refractivity contribution in [3.8, 4) is 0 Å². The van der Waals surface area contributed by atoms with Gasteiger partial charge < -0.3 is 93.7 Å². The van der Waals surface area contributed by atoms with E-state index in [9.17, 15) is 47.9 Å². The van der Waals surface area contributed by atoms with E-state index in [1.54, 1.807) is 13.8 Å². The van der Waals surface area contributed by atoms with Crippen LogP contribution in [-0.4, -0.2) is 159 Å². The summed E-state index contributed by atoms with van der Waals surface area (Å²) in [7, 11) is 0. The number of amides is 10. The lowest BCUT2D eigenvalue weighted by atomic mass is 10.0. The highest BCUT2D eigenvalue weighted by Crippen LogP contribution is 2.10. The Morgan fingerprint density at radius 2 is 0.776 bits per heavy atom. The lowest BCUT2D eigenvalue weighted by Crippen LogP contribution is -2.58. The van der Waals surface area contributed by atoms with Gasteiger partial charge in [0.2, 0.25) is 59.1 Å². The molecule has 0 aliphatic rings. The molecular weight excluding hydrogens is 991 g/mol. The molecule has 0 heterocycles. The molecule has 0 aromatic carbocycles. The number of nitrogens with zero attached hydrogens (tertiary/aromatic N) is 2. The predicted molar refractivity (Wildman–Crippen MR) is 287 cm³/mol. The maximum atomic E-state index is 13.8. The Kier molecular flexibility index (Phi) is 35.1. The van der Waals surface area contributed by atoms with E-state index in [1.165, 1.54) is 0 Å². The van der Waals surface area contributed by atoms with Crippen LogP contribution in [-0.2, 0) is 47.9 Å². The smallest absolute Gasteiger partial charge is 0.243 e. The van der Waals surface area contributed by atoms with E-state index >= 15 is 0 Å². The third-order valence-corrected chi connectivity index (χ3v) is 11.3. The second-order valence-electron chi connectivity index (χ2n) is 19.6. The number of primary amides is 1. The average molecular weight is 1080 g/mol. The molecule has 0 bridgehead atoms. The first-order chi connectivity index (χ1) is 35.7. The van der Waals surface area contributed by atoms with Crippen LogP contribution in [0.25, 0.3) is 0 Å². The summed E-state index contributed by atoms with van der Waals surface area (Å²) >= 11 is 0. The van der Waals surface area contributed by atoms with E-state index < -0.39 is 127 Å². The number of aliphatic imine (C=N–C) groups is 2. The van der Waals surface area contributed by atoms with Crippen molar-refractivity contribution in [2.45, 2.75) is 161 Å². The summed E-state index contributed by atoms with van der Waals surface area (Å²) < 4.78 is 0. The molecule has 0 aromatic heterocycles. The maximum absolute atomic E-state index is 13.8. The Bertz CT molecular complexity index is 1930. The first kappa shape index (κ1) is 69.1. The topological polar surface area (TPSA) is 512 Å². The fraction of sp³-hybridized carbons (Fsp3) is 0.745. The number of unbranched alkanes of at least 4 members (excludes halogenated alkanes) is 2. The van der Waals surface area contributed by atoms with Crippen molar-refractivity contribution in [1.82, 2.24) is 47.9 Å². The fourth-order valence-electron chi connectivity index (χ4n) is 7.30. The Balaban J connectivity index is 5.90. The van der Waals surface area contributed by atoms with Crippen LogP contribution in [0.4, 0.5) is 0 Å². The van der Waals surface area contributed by atoms with Crippen molar-refractivity contribution in [2.24, 2.45) is 73.6 Å². The molecule has 29 nitrogen and oxygen atoms in total. The van der Waals surface area contributed by atoms with Crippen molar-refractivity contribution in [2.75, 3.05) is 45.8 Å². The number of carbonyl (C=O) groups excluding carboxylic acids is 10. The molecule has 0 unspecified atom stereocenters. The maximum Gasteiger partial charge on any atom is 0.243 e. The van der Waals surface area contributed by atoms with E-state index in [1.807, 2.05) is 27.7 Å². The largest absolute Gasteiger partial charge is 0.370 e. The van der Waals surface area contributed by atoms with E-state index in [-0.39, 0.29) is 88.3 Å². The molecule has 10 amide bonds. The van der Waals surface area contributed by atoms with E-state index in [4.69, 9.17) is 45.9 Å². The molecule has 29 heteroatoms. The number of hydrogen-bond acceptors (Lipinski definition) is 15. The van der Waals surface area contributed by atoms with E-state index in [0.717, 1.165) is 0 Å². The minimum absolute atomic E-state index is 0.0653. The normalized spacial score (nSPS) is 13.8. The van der Waals surface area contributed by atoms with Gasteiger partial charge in [0.25, 0.3) is 0 Å². The SMILES string of the molecule is CC(C)C[C@H](NC(=O)CNC(=O)[C@H](CC(C)C)NC(=O)[C@H](CCCCN)NC(=O)CNC(=O)[C@@H](NC(=O)[C@H](CCCN=C(N)N)NC(=O)[C@@H](N)CCCN=C(N)N)C(C)C)C(=O)NCC(=O)N[C@@H](CCCCN)C(N)=O. The molecule has 0 saturated heterocycles. The fourth-order valence-corrected chi connectivity index (χ4v) is 7.30. The van der Waals surface area contributed by atoms with Crippen LogP contribution in [0.15, 0.2) is 9.98 Å². The van der Waals surface area contributed by atoms with Gasteiger partial charge in [-0.05, 0) is 108 Å². The first-order valence-electron chi connectivity index (χ1n) is 25.9. The lowest BCUT2D eigenvalue weighted by molar-refractivity contribution is -0.134. The van der Waals surface area contributed by atoms with Gasteiger partial charge in [-0.15, -0.1) is 0 Å². The molecule has 0 aliphatic heterocycles. The van der Waals surface area contributed by atoms with Gasteiger partial charge in [0.1, 0.15) is 36.3 Å². The minimum atomic E-state index is -1.20. The average Bonchev–Trinajstić information content (AvgIpc) is 3.33. The monoisotopic (exact) mass is 1080 g/mol. The standard InChI is InChI=1S/C47H91N19O10/c1-26(2)21-33(41(72)58-23-35(67)61-30(39(51)70)14-7-9-17-48)63-37(69)24-59-42(73)34(22-27(3)4)65-43(74)31(15-8-10-18-49)62-36(68)25-60-45(76)38(28(5)6)66-44(75)32(16-12-20-57-47(54)55)64-40(71)29(50)13-11-19-56-46(52)53/h26-34,38H,7-25,48-50H2,1-6H3,(H2,51,70)(H,58,72)(H,59,73)(H,60,76)(H,61,67)(H,62,68)(H,63,69)(H,64,71)(H,65,74)(H,66,75)(H4,52,53,56)(H4,54,55,57)/t29-,30-,31-,32-,33-,34-,38-/m0/s1. The highest BCUT2D eigenvalue weighted by Gasteiger charge is 2.32. The van der Waals surface area contributed by atoms with Crippen LogP contribution in [0.5, 0.6) is 0 Å². The summed E-state index contributed by atoms with van der Waals surface area (Å²) in [6.45, 7) is 9.91. The highest BCUT2D eigenvalue weighted by atomic mass is 16.2.